The standard InChI is InChI=1S/C25H25F2N9O/c1-15(2)24-30-25(31-37-24)34-6-3-16(4-7-34)18-10-20(26)22(28-12-18)13-35-8-5-17-9-19(11-21(27)23(17)35)36-14-29-32-33-36/h5,8-12,14-16H,3-4,6-7,13H2,1-2H3. The van der Waals surface area contributed by atoms with Gasteiger partial charge < -0.3 is 14.0 Å². The molecule has 0 amide bonds. The van der Waals surface area contributed by atoms with Crippen LogP contribution in [0.3, 0.4) is 0 Å². The van der Waals surface area contributed by atoms with Crippen LogP contribution < -0.4 is 4.90 Å². The third kappa shape index (κ3) is 4.43. The van der Waals surface area contributed by atoms with E-state index in [0.29, 0.717) is 28.4 Å². The van der Waals surface area contributed by atoms with Gasteiger partial charge in [-0.25, -0.2) is 13.5 Å². The summed E-state index contributed by atoms with van der Waals surface area (Å²) < 4.78 is 38.5. The van der Waals surface area contributed by atoms with Crippen molar-refractivity contribution >= 4 is 16.9 Å². The highest BCUT2D eigenvalue weighted by molar-refractivity contribution is 5.83. The molecule has 0 bridgehead atoms. The van der Waals surface area contributed by atoms with Crippen LogP contribution in [0.1, 0.15) is 55.7 Å². The fourth-order valence-corrected chi connectivity index (χ4v) is 4.81. The fourth-order valence-electron chi connectivity index (χ4n) is 4.81. The summed E-state index contributed by atoms with van der Waals surface area (Å²) in [6.45, 7) is 5.65. The highest BCUT2D eigenvalue weighted by Crippen LogP contribution is 2.31. The third-order valence-corrected chi connectivity index (χ3v) is 6.85. The predicted octanol–water partition coefficient (Wildman–Crippen LogP) is 4.23. The monoisotopic (exact) mass is 505 g/mol. The first kappa shape index (κ1) is 23.2. The first-order valence-electron chi connectivity index (χ1n) is 12.2. The van der Waals surface area contributed by atoms with Gasteiger partial charge in [-0.2, -0.15) is 4.98 Å². The molecule has 6 rings (SSSR count). The summed E-state index contributed by atoms with van der Waals surface area (Å²) in [6, 6.07) is 6.47. The molecule has 1 aliphatic heterocycles. The number of hydrogen-bond donors (Lipinski definition) is 0. The first-order valence-corrected chi connectivity index (χ1v) is 12.2. The second-order valence-corrected chi connectivity index (χ2v) is 9.61. The maximum atomic E-state index is 15.1. The lowest BCUT2D eigenvalue weighted by atomic mass is 9.90. The average Bonchev–Trinajstić information content (AvgIpc) is 3.67. The number of pyridine rings is 1. The van der Waals surface area contributed by atoms with Gasteiger partial charge in [-0.15, -0.1) is 5.10 Å². The van der Waals surface area contributed by atoms with Gasteiger partial charge in [-0.1, -0.05) is 13.8 Å². The van der Waals surface area contributed by atoms with E-state index in [-0.39, 0.29) is 24.1 Å². The Morgan fingerprint density at radius 1 is 1.11 bits per heavy atom. The van der Waals surface area contributed by atoms with E-state index in [1.54, 1.807) is 35.2 Å². The Labute approximate surface area is 210 Å². The zero-order valence-electron chi connectivity index (χ0n) is 20.4. The SMILES string of the molecule is CC(C)c1nc(N2CCC(c3cnc(Cn4ccc5cc(-n6cnnn6)cc(F)c54)c(F)c3)CC2)no1. The number of tetrazole rings is 1. The summed E-state index contributed by atoms with van der Waals surface area (Å²) in [6.07, 6.45) is 6.54. The Hall–Kier alpha value is -4.22. The minimum Gasteiger partial charge on any atom is -0.339 e. The number of aromatic nitrogens is 8. The molecular weight excluding hydrogens is 480 g/mol. The molecule has 10 nitrogen and oxygen atoms in total. The van der Waals surface area contributed by atoms with Crippen molar-refractivity contribution in [3.05, 3.63) is 71.8 Å². The molecule has 0 aliphatic carbocycles. The Morgan fingerprint density at radius 2 is 1.95 bits per heavy atom. The number of nitrogens with zero attached hydrogens (tertiary/aromatic N) is 9. The largest absolute Gasteiger partial charge is 0.339 e. The number of piperidine rings is 1. The van der Waals surface area contributed by atoms with Gasteiger partial charge in [0.15, 0.2) is 0 Å². The van der Waals surface area contributed by atoms with Crippen molar-refractivity contribution in [1.82, 2.24) is 39.9 Å². The molecule has 0 radical (unpaired) electrons. The molecule has 1 saturated heterocycles. The summed E-state index contributed by atoms with van der Waals surface area (Å²) in [4.78, 5) is 11.0. The van der Waals surface area contributed by atoms with Crippen LogP contribution >= 0.6 is 0 Å². The van der Waals surface area contributed by atoms with Gasteiger partial charge in [0.05, 0.1) is 23.4 Å². The van der Waals surface area contributed by atoms with Gasteiger partial charge in [-0.3, -0.25) is 4.98 Å². The van der Waals surface area contributed by atoms with E-state index in [4.69, 9.17) is 4.52 Å². The number of hydrogen-bond acceptors (Lipinski definition) is 8. The van der Waals surface area contributed by atoms with E-state index < -0.39 is 11.6 Å². The lowest BCUT2D eigenvalue weighted by molar-refractivity contribution is 0.363. The Kier molecular flexibility index (Phi) is 5.85. The van der Waals surface area contributed by atoms with E-state index in [1.807, 2.05) is 13.8 Å². The van der Waals surface area contributed by atoms with Crippen molar-refractivity contribution in [2.45, 2.75) is 45.1 Å². The topological polar surface area (TPSA) is 104 Å². The Bertz CT molecular complexity index is 1540. The van der Waals surface area contributed by atoms with Crippen LogP contribution in [0.25, 0.3) is 16.6 Å². The third-order valence-electron chi connectivity index (χ3n) is 6.85. The van der Waals surface area contributed by atoms with Crippen molar-refractivity contribution in [2.75, 3.05) is 18.0 Å². The van der Waals surface area contributed by atoms with Crippen molar-refractivity contribution in [3.8, 4) is 5.69 Å². The van der Waals surface area contributed by atoms with Crippen molar-refractivity contribution in [1.29, 1.82) is 0 Å². The van der Waals surface area contributed by atoms with E-state index in [1.165, 1.54) is 17.1 Å². The summed E-state index contributed by atoms with van der Waals surface area (Å²) in [5.41, 5.74) is 2.01. The van der Waals surface area contributed by atoms with Gasteiger partial charge in [0.25, 0.3) is 5.95 Å². The average molecular weight is 506 g/mol. The molecule has 0 saturated carbocycles. The minimum atomic E-state index is -0.445. The first-order chi connectivity index (χ1) is 18.0. The molecular formula is C25H25F2N9O. The molecule has 5 aromatic rings. The summed E-state index contributed by atoms with van der Waals surface area (Å²) in [5.74, 6) is 0.770. The van der Waals surface area contributed by atoms with E-state index in [2.05, 4.69) is 35.5 Å². The molecule has 12 heteroatoms. The molecule has 190 valence electrons. The molecule has 0 N–H and O–H groups in total. The fraction of sp³-hybridized carbons (Fsp3) is 0.360. The Morgan fingerprint density at radius 3 is 2.65 bits per heavy atom. The van der Waals surface area contributed by atoms with Gasteiger partial charge in [0.2, 0.25) is 5.89 Å². The molecule has 5 heterocycles. The zero-order chi connectivity index (χ0) is 25.5. The number of benzene rings is 1. The molecule has 1 aliphatic rings. The van der Waals surface area contributed by atoms with Crippen molar-refractivity contribution in [3.63, 3.8) is 0 Å². The van der Waals surface area contributed by atoms with Crippen LogP contribution in [0.5, 0.6) is 0 Å². The number of rotatable bonds is 6. The van der Waals surface area contributed by atoms with E-state index in [0.717, 1.165) is 31.5 Å². The Balaban J connectivity index is 1.16. The molecule has 1 aromatic carbocycles. The summed E-state index contributed by atoms with van der Waals surface area (Å²) >= 11 is 0. The quantitative estimate of drug-likeness (QED) is 0.338. The highest BCUT2D eigenvalue weighted by Gasteiger charge is 2.25. The van der Waals surface area contributed by atoms with Gasteiger partial charge in [0, 0.05) is 42.9 Å². The van der Waals surface area contributed by atoms with Crippen molar-refractivity contribution in [2.24, 2.45) is 0 Å². The zero-order valence-corrected chi connectivity index (χ0v) is 20.4. The second-order valence-electron chi connectivity index (χ2n) is 9.61. The number of fused-ring (bicyclic) bond motifs is 1. The smallest absolute Gasteiger partial charge is 0.266 e. The lowest BCUT2D eigenvalue weighted by Crippen LogP contribution is -2.33. The summed E-state index contributed by atoms with van der Waals surface area (Å²) in [5, 5.41) is 15.7. The minimum absolute atomic E-state index is 0.116. The molecule has 0 atom stereocenters. The normalized spacial score (nSPS) is 14.8. The maximum Gasteiger partial charge on any atom is 0.266 e. The van der Waals surface area contributed by atoms with Crippen LogP contribution in [0, 0.1) is 11.6 Å². The maximum absolute atomic E-state index is 15.1. The van der Waals surface area contributed by atoms with Crippen LogP contribution in [0.4, 0.5) is 14.7 Å². The lowest BCUT2D eigenvalue weighted by Gasteiger charge is -2.31. The van der Waals surface area contributed by atoms with E-state index >= 15 is 8.78 Å². The molecule has 0 unspecified atom stereocenters. The van der Waals surface area contributed by atoms with Crippen LogP contribution in [-0.2, 0) is 6.54 Å². The second kappa shape index (κ2) is 9.34. The van der Waals surface area contributed by atoms with Crippen LogP contribution in [0.2, 0.25) is 0 Å². The molecule has 1 fully saturated rings. The summed E-state index contributed by atoms with van der Waals surface area (Å²) in [7, 11) is 0. The number of anilines is 1. The van der Waals surface area contributed by atoms with Crippen LogP contribution in [0.15, 0.2) is 47.5 Å². The highest BCUT2D eigenvalue weighted by atomic mass is 19.1. The van der Waals surface area contributed by atoms with Crippen molar-refractivity contribution < 1.29 is 13.3 Å². The van der Waals surface area contributed by atoms with Crippen LogP contribution in [-0.4, -0.2) is 53.0 Å². The predicted molar refractivity (Wildman–Crippen MR) is 130 cm³/mol. The molecule has 0 spiro atoms. The molecule has 4 aromatic heterocycles. The van der Waals surface area contributed by atoms with Gasteiger partial charge in [0.1, 0.15) is 18.0 Å². The number of halogens is 2. The van der Waals surface area contributed by atoms with E-state index in [9.17, 15) is 0 Å². The van der Waals surface area contributed by atoms with Gasteiger partial charge >= 0.3 is 0 Å². The van der Waals surface area contributed by atoms with Gasteiger partial charge in [-0.05, 0) is 58.1 Å². The molecule has 37 heavy (non-hydrogen) atoms.